The minimum Gasteiger partial charge on any atom is -0.416 e. The highest BCUT2D eigenvalue weighted by Crippen LogP contribution is 2.36. The third kappa shape index (κ3) is 5.01. The van der Waals surface area contributed by atoms with Crippen LogP contribution in [0.3, 0.4) is 0 Å². The molecule has 0 N–H and O–H groups in total. The summed E-state index contributed by atoms with van der Waals surface area (Å²) in [4.78, 5) is 0. The second-order valence-electron chi connectivity index (χ2n) is 13.4. The SMILES string of the molecule is CCn1c2ccccc2c2cc(-c3ccc(-c4nnc(-c5ccc(-c6ccc7c(c6)c6ccccc6n7Cc6ccccc6)cc5)o4)cc3)ccc21. The zero-order valence-corrected chi connectivity index (χ0v) is 28.7. The molecule has 0 atom stereocenters. The Bertz CT molecular complexity index is 2890. The average Bonchev–Trinajstić information content (AvgIpc) is 3.92. The van der Waals surface area contributed by atoms with E-state index in [2.05, 4.69) is 190 Å². The lowest BCUT2D eigenvalue weighted by Crippen LogP contribution is -1.98. The summed E-state index contributed by atoms with van der Waals surface area (Å²) in [6, 6.07) is 58.2. The highest BCUT2D eigenvalue weighted by atomic mass is 16.4. The molecule has 3 heterocycles. The van der Waals surface area contributed by atoms with Crippen LogP contribution in [0.15, 0.2) is 168 Å². The van der Waals surface area contributed by atoms with Crippen LogP contribution in [0.5, 0.6) is 0 Å². The first-order chi connectivity index (χ1) is 25.7. The Morgan fingerprint density at radius 3 is 1.37 bits per heavy atom. The topological polar surface area (TPSA) is 48.8 Å². The molecule has 0 aliphatic rings. The fourth-order valence-electron chi connectivity index (χ4n) is 7.81. The van der Waals surface area contributed by atoms with E-state index in [0.717, 1.165) is 35.3 Å². The van der Waals surface area contributed by atoms with Gasteiger partial charge in [-0.15, -0.1) is 10.2 Å². The fraction of sp³-hybridized carbons (Fsp3) is 0.0638. The van der Waals surface area contributed by atoms with Crippen LogP contribution in [0, 0.1) is 0 Å². The van der Waals surface area contributed by atoms with Crippen LogP contribution in [-0.2, 0) is 13.1 Å². The molecule has 7 aromatic carbocycles. The van der Waals surface area contributed by atoms with E-state index in [1.54, 1.807) is 0 Å². The van der Waals surface area contributed by atoms with Crippen molar-refractivity contribution in [3.63, 3.8) is 0 Å². The third-order valence-electron chi connectivity index (χ3n) is 10.4. The van der Waals surface area contributed by atoms with Crippen molar-refractivity contribution in [3.05, 3.63) is 169 Å². The molecule has 0 spiro atoms. The van der Waals surface area contributed by atoms with Crippen LogP contribution in [0.2, 0.25) is 0 Å². The molecule has 0 saturated heterocycles. The van der Waals surface area contributed by atoms with Gasteiger partial charge in [0, 0.05) is 67.8 Å². The number of para-hydroxylation sites is 2. The molecule has 0 amide bonds. The number of aromatic nitrogens is 4. The largest absolute Gasteiger partial charge is 0.416 e. The lowest BCUT2D eigenvalue weighted by atomic mass is 10.0. The molecule has 5 heteroatoms. The predicted octanol–water partition coefficient (Wildman–Crippen LogP) is 12.0. The number of fused-ring (bicyclic) bond motifs is 6. The quantitative estimate of drug-likeness (QED) is 0.170. The van der Waals surface area contributed by atoms with Crippen LogP contribution < -0.4 is 0 Å². The van der Waals surface area contributed by atoms with E-state index in [9.17, 15) is 0 Å². The zero-order valence-electron chi connectivity index (χ0n) is 28.7. The number of nitrogens with zero attached hydrogens (tertiary/aromatic N) is 4. The minimum absolute atomic E-state index is 0.503. The summed E-state index contributed by atoms with van der Waals surface area (Å²) in [5, 5.41) is 13.9. The summed E-state index contributed by atoms with van der Waals surface area (Å²) in [7, 11) is 0. The molecular weight excluding hydrogens is 637 g/mol. The highest BCUT2D eigenvalue weighted by Gasteiger charge is 2.15. The van der Waals surface area contributed by atoms with Crippen LogP contribution in [0.4, 0.5) is 0 Å². The standard InChI is InChI=1S/C47H34N4O/c1-2-50-42-14-8-6-12-38(42)40-28-36(24-26-44(40)50)32-16-20-34(21-17-32)46-48-49-47(52-46)35-22-18-33(19-23-35)37-25-27-45-41(29-37)39-13-7-9-15-43(39)51(45)30-31-10-4-3-5-11-31/h3-29H,2,30H2,1H3. The number of benzene rings is 7. The van der Waals surface area contributed by atoms with Crippen molar-refractivity contribution in [1.29, 1.82) is 0 Å². The van der Waals surface area contributed by atoms with E-state index >= 15 is 0 Å². The van der Waals surface area contributed by atoms with E-state index in [1.807, 2.05) is 0 Å². The molecule has 52 heavy (non-hydrogen) atoms. The van der Waals surface area contributed by atoms with Crippen LogP contribution in [0.1, 0.15) is 12.5 Å². The first-order valence-corrected chi connectivity index (χ1v) is 17.8. The minimum atomic E-state index is 0.503. The molecule has 0 saturated carbocycles. The molecule has 0 unspecified atom stereocenters. The highest BCUT2D eigenvalue weighted by molar-refractivity contribution is 6.10. The Morgan fingerprint density at radius 1 is 0.404 bits per heavy atom. The van der Waals surface area contributed by atoms with E-state index in [-0.39, 0.29) is 0 Å². The lowest BCUT2D eigenvalue weighted by molar-refractivity contribution is 0.584. The monoisotopic (exact) mass is 670 g/mol. The van der Waals surface area contributed by atoms with Gasteiger partial charge in [-0.2, -0.15) is 0 Å². The van der Waals surface area contributed by atoms with Crippen molar-refractivity contribution in [2.24, 2.45) is 0 Å². The van der Waals surface area contributed by atoms with Gasteiger partial charge in [-0.3, -0.25) is 0 Å². The molecule has 0 aliphatic carbocycles. The first-order valence-electron chi connectivity index (χ1n) is 17.8. The number of hydrogen-bond donors (Lipinski definition) is 0. The lowest BCUT2D eigenvalue weighted by Gasteiger charge is -2.08. The molecule has 0 fully saturated rings. The molecule has 10 aromatic rings. The van der Waals surface area contributed by atoms with Gasteiger partial charge in [0.1, 0.15) is 0 Å². The molecule has 5 nitrogen and oxygen atoms in total. The summed E-state index contributed by atoms with van der Waals surface area (Å²) >= 11 is 0. The molecule has 248 valence electrons. The maximum absolute atomic E-state index is 6.20. The normalized spacial score (nSPS) is 11.7. The van der Waals surface area contributed by atoms with Crippen molar-refractivity contribution < 1.29 is 4.42 Å². The van der Waals surface area contributed by atoms with E-state index in [4.69, 9.17) is 4.42 Å². The Balaban J connectivity index is 0.907. The van der Waals surface area contributed by atoms with Crippen molar-refractivity contribution in [2.75, 3.05) is 0 Å². The summed E-state index contributed by atoms with van der Waals surface area (Å²) in [6.45, 7) is 3.97. The van der Waals surface area contributed by atoms with Crippen molar-refractivity contribution in [2.45, 2.75) is 20.0 Å². The summed E-state index contributed by atoms with van der Waals surface area (Å²) in [5.74, 6) is 1.01. The van der Waals surface area contributed by atoms with Gasteiger partial charge < -0.3 is 13.6 Å². The van der Waals surface area contributed by atoms with Crippen LogP contribution in [0.25, 0.3) is 88.8 Å². The van der Waals surface area contributed by atoms with Crippen molar-refractivity contribution in [3.8, 4) is 45.2 Å². The smallest absolute Gasteiger partial charge is 0.248 e. The summed E-state index contributed by atoms with van der Waals surface area (Å²) in [5.41, 5.74) is 12.7. The second kappa shape index (κ2) is 12.3. The van der Waals surface area contributed by atoms with Crippen LogP contribution in [-0.4, -0.2) is 19.3 Å². The first kappa shape index (κ1) is 30.1. The summed E-state index contributed by atoms with van der Waals surface area (Å²) < 4.78 is 11.0. The van der Waals surface area contributed by atoms with Crippen LogP contribution >= 0.6 is 0 Å². The molecule has 0 aliphatic heterocycles. The number of hydrogen-bond acceptors (Lipinski definition) is 3. The number of rotatable bonds is 7. The molecule has 3 aromatic heterocycles. The van der Waals surface area contributed by atoms with Gasteiger partial charge in [0.05, 0.1) is 0 Å². The average molecular weight is 671 g/mol. The van der Waals surface area contributed by atoms with Gasteiger partial charge in [-0.1, -0.05) is 103 Å². The van der Waals surface area contributed by atoms with Crippen molar-refractivity contribution >= 4 is 43.6 Å². The Hall–Kier alpha value is -6.72. The van der Waals surface area contributed by atoms with Crippen molar-refractivity contribution in [1.82, 2.24) is 19.3 Å². The molecular formula is C47H34N4O. The van der Waals surface area contributed by atoms with Gasteiger partial charge in [0.25, 0.3) is 0 Å². The van der Waals surface area contributed by atoms with Gasteiger partial charge in [0.15, 0.2) is 0 Å². The zero-order chi connectivity index (χ0) is 34.6. The maximum Gasteiger partial charge on any atom is 0.248 e. The predicted molar refractivity (Wildman–Crippen MR) is 213 cm³/mol. The Kier molecular flexibility index (Phi) is 7.10. The van der Waals surface area contributed by atoms with Gasteiger partial charge in [0.2, 0.25) is 11.8 Å². The van der Waals surface area contributed by atoms with E-state index in [0.29, 0.717) is 11.8 Å². The molecule has 0 radical (unpaired) electrons. The molecule has 0 bridgehead atoms. The Labute approximate surface area is 301 Å². The Morgan fingerprint density at radius 2 is 0.827 bits per heavy atom. The van der Waals surface area contributed by atoms with E-state index in [1.165, 1.54) is 60.3 Å². The number of aryl methyl sites for hydroxylation is 1. The van der Waals surface area contributed by atoms with Gasteiger partial charge in [-0.25, -0.2) is 0 Å². The summed E-state index contributed by atoms with van der Waals surface area (Å²) in [6.07, 6.45) is 0. The van der Waals surface area contributed by atoms with Gasteiger partial charge >= 0.3 is 0 Å². The fourth-order valence-corrected chi connectivity index (χ4v) is 7.81. The van der Waals surface area contributed by atoms with Gasteiger partial charge in [-0.05, 0) is 95.4 Å². The maximum atomic E-state index is 6.20. The second-order valence-corrected chi connectivity index (χ2v) is 13.4. The van der Waals surface area contributed by atoms with E-state index < -0.39 is 0 Å². The third-order valence-corrected chi connectivity index (χ3v) is 10.4. The molecule has 10 rings (SSSR count).